The number of methoxy groups -OCH3 is 1. The molecule has 2 atom stereocenters. The summed E-state index contributed by atoms with van der Waals surface area (Å²) in [6, 6.07) is 5.73. The fourth-order valence-electron chi connectivity index (χ4n) is 3.03. The number of ether oxygens (including phenoxy) is 1. The van der Waals surface area contributed by atoms with Gasteiger partial charge in [0, 0.05) is 31.5 Å². The van der Waals surface area contributed by atoms with Crippen LogP contribution in [0.4, 0.5) is 4.79 Å². The van der Waals surface area contributed by atoms with E-state index in [1.807, 2.05) is 29.6 Å². The van der Waals surface area contributed by atoms with E-state index in [0.29, 0.717) is 24.9 Å². The Hall–Kier alpha value is -2.57. The number of pyridine rings is 1. The Bertz CT molecular complexity index is 673. The maximum atomic E-state index is 12.5. The van der Waals surface area contributed by atoms with Crippen molar-refractivity contribution in [2.75, 3.05) is 20.2 Å². The Labute approximate surface area is 141 Å². The van der Waals surface area contributed by atoms with Gasteiger partial charge in [0.2, 0.25) is 5.88 Å². The van der Waals surface area contributed by atoms with E-state index in [-0.39, 0.29) is 12.1 Å². The van der Waals surface area contributed by atoms with Crippen LogP contribution in [0.5, 0.6) is 5.88 Å². The number of carbonyl (C=O) groups excluding carboxylic acids is 1. The van der Waals surface area contributed by atoms with Crippen LogP contribution in [0.15, 0.2) is 36.9 Å². The van der Waals surface area contributed by atoms with E-state index in [1.54, 1.807) is 19.4 Å². The van der Waals surface area contributed by atoms with Crippen molar-refractivity contribution in [3.63, 3.8) is 0 Å². The smallest absolute Gasteiger partial charge is 0.317 e. The lowest BCUT2D eigenvalue weighted by Gasteiger charge is -2.37. The van der Waals surface area contributed by atoms with Gasteiger partial charge in [0.1, 0.15) is 0 Å². The second-order valence-corrected chi connectivity index (χ2v) is 6.12. The maximum Gasteiger partial charge on any atom is 0.317 e. The van der Waals surface area contributed by atoms with Gasteiger partial charge in [0.25, 0.3) is 0 Å². The summed E-state index contributed by atoms with van der Waals surface area (Å²) < 4.78 is 7.19. The van der Waals surface area contributed by atoms with Gasteiger partial charge in [0.15, 0.2) is 0 Å². The van der Waals surface area contributed by atoms with Crippen LogP contribution >= 0.6 is 0 Å². The van der Waals surface area contributed by atoms with Crippen molar-refractivity contribution in [1.82, 2.24) is 24.8 Å². The van der Waals surface area contributed by atoms with E-state index in [9.17, 15) is 4.79 Å². The van der Waals surface area contributed by atoms with E-state index in [0.717, 1.165) is 18.7 Å². The Morgan fingerprint density at radius 2 is 2.33 bits per heavy atom. The number of likely N-dealkylation sites (tertiary alicyclic amines) is 1. The zero-order valence-corrected chi connectivity index (χ0v) is 14.1. The first-order chi connectivity index (χ1) is 11.7. The fraction of sp³-hybridized carbons (Fsp3) is 0.471. The predicted molar refractivity (Wildman–Crippen MR) is 89.6 cm³/mol. The van der Waals surface area contributed by atoms with Crippen LogP contribution in [0, 0.1) is 5.92 Å². The standard InChI is InChI=1S/C17H23N5O2/c1-13-6-8-21(11-15(13)22-9-7-18-12-22)17(23)19-10-14-4-3-5-16(20-14)24-2/h3-5,7,9,12-13,15H,6,8,10-11H2,1-2H3,(H,19,23)/t13-,15+/m0/s1. The number of piperidine rings is 1. The fourth-order valence-corrected chi connectivity index (χ4v) is 3.03. The van der Waals surface area contributed by atoms with Gasteiger partial charge in [-0.2, -0.15) is 0 Å². The van der Waals surface area contributed by atoms with Crippen molar-refractivity contribution in [2.24, 2.45) is 5.92 Å². The normalized spacial score (nSPS) is 20.7. The topological polar surface area (TPSA) is 72.3 Å². The highest BCUT2D eigenvalue weighted by atomic mass is 16.5. The number of imidazole rings is 1. The number of carbonyl (C=O) groups is 1. The second-order valence-electron chi connectivity index (χ2n) is 6.12. The lowest BCUT2D eigenvalue weighted by Crippen LogP contribution is -2.47. The number of nitrogens with one attached hydrogen (secondary N) is 1. The summed E-state index contributed by atoms with van der Waals surface area (Å²) >= 11 is 0. The molecular weight excluding hydrogens is 306 g/mol. The third-order valence-electron chi connectivity index (χ3n) is 4.52. The molecule has 0 aromatic carbocycles. The Kier molecular flexibility index (Phi) is 4.98. The van der Waals surface area contributed by atoms with Crippen LogP contribution in [0.3, 0.4) is 0 Å². The number of aromatic nitrogens is 3. The van der Waals surface area contributed by atoms with Crippen LogP contribution in [-0.2, 0) is 6.54 Å². The first-order valence-corrected chi connectivity index (χ1v) is 8.17. The molecule has 2 aromatic heterocycles. The van der Waals surface area contributed by atoms with Crippen LogP contribution in [0.1, 0.15) is 25.1 Å². The van der Waals surface area contributed by atoms with Gasteiger partial charge < -0.3 is 19.5 Å². The zero-order chi connectivity index (χ0) is 16.9. The summed E-state index contributed by atoms with van der Waals surface area (Å²) in [6.45, 7) is 4.07. The van der Waals surface area contributed by atoms with E-state index in [4.69, 9.17) is 4.74 Å². The number of hydrogen-bond donors (Lipinski definition) is 1. The number of urea groups is 1. The highest BCUT2D eigenvalue weighted by Crippen LogP contribution is 2.27. The molecule has 1 aliphatic heterocycles. The van der Waals surface area contributed by atoms with E-state index < -0.39 is 0 Å². The lowest BCUT2D eigenvalue weighted by atomic mass is 9.93. The number of amides is 2. The molecule has 0 saturated carbocycles. The van der Waals surface area contributed by atoms with Gasteiger partial charge in [-0.3, -0.25) is 0 Å². The molecular formula is C17H23N5O2. The van der Waals surface area contributed by atoms with Crippen molar-refractivity contribution in [2.45, 2.75) is 25.9 Å². The second kappa shape index (κ2) is 7.33. The maximum absolute atomic E-state index is 12.5. The van der Waals surface area contributed by atoms with Gasteiger partial charge in [-0.25, -0.2) is 14.8 Å². The minimum atomic E-state index is -0.0587. The number of hydrogen-bond acceptors (Lipinski definition) is 4. The van der Waals surface area contributed by atoms with Gasteiger partial charge in [-0.05, 0) is 18.4 Å². The predicted octanol–water partition coefficient (Wildman–Crippen LogP) is 2.08. The monoisotopic (exact) mass is 329 g/mol. The minimum absolute atomic E-state index is 0.0587. The largest absolute Gasteiger partial charge is 0.481 e. The molecule has 24 heavy (non-hydrogen) atoms. The SMILES string of the molecule is COc1cccc(CNC(=O)N2CC[C@H](C)[C@H](n3ccnc3)C2)n1. The molecule has 0 aliphatic carbocycles. The summed E-state index contributed by atoms with van der Waals surface area (Å²) in [5.74, 6) is 1.07. The average molecular weight is 329 g/mol. The molecule has 0 bridgehead atoms. The molecule has 2 amide bonds. The summed E-state index contributed by atoms with van der Waals surface area (Å²) in [5.41, 5.74) is 0.777. The molecule has 1 fully saturated rings. The van der Waals surface area contributed by atoms with Crippen LogP contribution < -0.4 is 10.1 Å². The van der Waals surface area contributed by atoms with Gasteiger partial charge in [-0.1, -0.05) is 13.0 Å². The van der Waals surface area contributed by atoms with Crippen LogP contribution in [0.25, 0.3) is 0 Å². The molecule has 7 nitrogen and oxygen atoms in total. The highest BCUT2D eigenvalue weighted by molar-refractivity contribution is 5.74. The summed E-state index contributed by atoms with van der Waals surface area (Å²) in [4.78, 5) is 22.8. The van der Waals surface area contributed by atoms with Gasteiger partial charge in [0.05, 0.1) is 31.7 Å². The van der Waals surface area contributed by atoms with Gasteiger partial charge in [-0.15, -0.1) is 0 Å². The quantitative estimate of drug-likeness (QED) is 0.932. The van der Waals surface area contributed by atoms with Crippen molar-refractivity contribution < 1.29 is 9.53 Å². The molecule has 3 rings (SSSR count). The minimum Gasteiger partial charge on any atom is -0.481 e. The first-order valence-electron chi connectivity index (χ1n) is 8.17. The molecule has 1 aliphatic rings. The third-order valence-corrected chi connectivity index (χ3v) is 4.52. The van der Waals surface area contributed by atoms with E-state index in [1.165, 1.54) is 0 Å². The molecule has 7 heteroatoms. The Balaban J connectivity index is 1.58. The van der Waals surface area contributed by atoms with Gasteiger partial charge >= 0.3 is 6.03 Å². The number of rotatable bonds is 4. The molecule has 2 aromatic rings. The zero-order valence-electron chi connectivity index (χ0n) is 14.1. The van der Waals surface area contributed by atoms with E-state index in [2.05, 4.69) is 26.8 Å². The van der Waals surface area contributed by atoms with Crippen molar-refractivity contribution in [3.05, 3.63) is 42.6 Å². The molecule has 0 spiro atoms. The van der Waals surface area contributed by atoms with Crippen LogP contribution in [-0.4, -0.2) is 45.7 Å². The molecule has 0 radical (unpaired) electrons. The number of nitrogens with zero attached hydrogens (tertiary/aromatic N) is 4. The van der Waals surface area contributed by atoms with Crippen LogP contribution in [0.2, 0.25) is 0 Å². The third kappa shape index (κ3) is 3.67. The van der Waals surface area contributed by atoms with E-state index >= 15 is 0 Å². The summed E-state index contributed by atoms with van der Waals surface area (Å²) in [5, 5.41) is 2.94. The average Bonchev–Trinajstić information content (AvgIpc) is 3.14. The summed E-state index contributed by atoms with van der Waals surface area (Å²) in [7, 11) is 1.58. The highest BCUT2D eigenvalue weighted by Gasteiger charge is 2.29. The lowest BCUT2D eigenvalue weighted by molar-refractivity contribution is 0.139. The molecule has 1 saturated heterocycles. The molecule has 128 valence electrons. The molecule has 1 N–H and O–H groups in total. The van der Waals surface area contributed by atoms with Crippen molar-refractivity contribution >= 4 is 6.03 Å². The van der Waals surface area contributed by atoms with Crippen molar-refractivity contribution in [1.29, 1.82) is 0 Å². The molecule has 3 heterocycles. The first kappa shape index (κ1) is 16.3. The Morgan fingerprint density at radius 1 is 1.46 bits per heavy atom. The Morgan fingerprint density at radius 3 is 3.08 bits per heavy atom. The summed E-state index contributed by atoms with van der Waals surface area (Å²) in [6.07, 6.45) is 6.54. The van der Waals surface area contributed by atoms with Crippen molar-refractivity contribution in [3.8, 4) is 5.88 Å². The molecule has 0 unspecified atom stereocenters.